The van der Waals surface area contributed by atoms with Crippen LogP contribution in [0.5, 0.6) is 5.75 Å². The molecule has 0 aliphatic heterocycles. The molecule has 8 heteroatoms. The van der Waals surface area contributed by atoms with Crippen molar-refractivity contribution in [3.63, 3.8) is 0 Å². The first-order valence-corrected chi connectivity index (χ1v) is 13.3. The van der Waals surface area contributed by atoms with Crippen molar-refractivity contribution in [1.29, 1.82) is 0 Å². The smallest absolute Gasteiger partial charge is 0.408 e. The quantitative estimate of drug-likeness (QED) is 0.477. The number of phenolic OH excluding ortho intramolecular Hbond substituents is 1. The molecule has 3 amide bonds. The Morgan fingerprint density at radius 1 is 1.06 bits per heavy atom. The fourth-order valence-electron chi connectivity index (χ4n) is 4.83. The zero-order valence-corrected chi connectivity index (χ0v) is 22.6. The minimum Gasteiger partial charge on any atom is -0.507 e. The number of ether oxygens (including phenoxy) is 1. The molecule has 1 aromatic carbocycles. The second kappa shape index (κ2) is 11.5. The Bertz CT molecular complexity index is 945. The van der Waals surface area contributed by atoms with E-state index in [0.717, 1.165) is 44.9 Å². The number of nitrogens with zero attached hydrogens (tertiary/aromatic N) is 1. The van der Waals surface area contributed by atoms with Crippen molar-refractivity contribution in [1.82, 2.24) is 15.5 Å². The van der Waals surface area contributed by atoms with Crippen molar-refractivity contribution in [3.8, 4) is 5.75 Å². The Morgan fingerprint density at radius 3 is 2.25 bits per heavy atom. The summed E-state index contributed by atoms with van der Waals surface area (Å²) in [7, 11) is 0. The lowest BCUT2D eigenvalue weighted by molar-refractivity contribution is -0.144. The van der Waals surface area contributed by atoms with Crippen LogP contribution in [0.1, 0.15) is 96.7 Å². The fourth-order valence-corrected chi connectivity index (χ4v) is 4.83. The van der Waals surface area contributed by atoms with Crippen molar-refractivity contribution >= 4 is 17.9 Å². The Kier molecular flexibility index (Phi) is 8.90. The molecule has 3 N–H and O–H groups in total. The summed E-state index contributed by atoms with van der Waals surface area (Å²) in [6, 6.07) is 3.32. The molecule has 2 saturated carbocycles. The molecule has 36 heavy (non-hydrogen) atoms. The molecular formula is C28H43N3O5. The van der Waals surface area contributed by atoms with Gasteiger partial charge in [-0.05, 0) is 64.9 Å². The van der Waals surface area contributed by atoms with Crippen molar-refractivity contribution in [2.75, 3.05) is 0 Å². The Labute approximate surface area is 215 Å². The number of benzene rings is 1. The summed E-state index contributed by atoms with van der Waals surface area (Å²) in [4.78, 5) is 42.1. The number of phenols is 1. The zero-order valence-electron chi connectivity index (χ0n) is 22.6. The van der Waals surface area contributed by atoms with Crippen LogP contribution in [0.3, 0.4) is 0 Å². The number of alkyl carbamates (subject to hydrolysis) is 1. The predicted molar refractivity (Wildman–Crippen MR) is 138 cm³/mol. The Hall–Kier alpha value is -2.77. The van der Waals surface area contributed by atoms with Gasteiger partial charge in [0.25, 0.3) is 0 Å². The van der Waals surface area contributed by atoms with E-state index in [9.17, 15) is 19.5 Å². The van der Waals surface area contributed by atoms with E-state index in [4.69, 9.17) is 4.74 Å². The molecule has 2 fully saturated rings. The molecule has 0 saturated heterocycles. The van der Waals surface area contributed by atoms with Crippen LogP contribution in [0.4, 0.5) is 4.79 Å². The average Bonchev–Trinajstić information content (AvgIpc) is 3.62. The predicted octanol–water partition coefficient (Wildman–Crippen LogP) is 4.73. The van der Waals surface area contributed by atoms with Gasteiger partial charge in [0.15, 0.2) is 0 Å². The van der Waals surface area contributed by atoms with Crippen LogP contribution in [0.15, 0.2) is 18.2 Å². The van der Waals surface area contributed by atoms with Crippen LogP contribution in [0.2, 0.25) is 0 Å². The largest absolute Gasteiger partial charge is 0.507 e. The molecular weight excluding hydrogens is 458 g/mol. The van der Waals surface area contributed by atoms with Gasteiger partial charge in [0, 0.05) is 17.6 Å². The Morgan fingerprint density at radius 2 is 1.69 bits per heavy atom. The number of hydrogen-bond acceptors (Lipinski definition) is 5. The highest BCUT2D eigenvalue weighted by atomic mass is 16.6. The van der Waals surface area contributed by atoms with Crippen LogP contribution in [0.25, 0.3) is 0 Å². The SMILES string of the molecule is Cc1cccc(C(C(=O)NC2CCCCC2)N(C(=O)C(NC(=O)OC(C)(C)C)C(C)C)C2CC2)c1O. The maximum absolute atomic E-state index is 14.1. The monoisotopic (exact) mass is 501 g/mol. The molecule has 2 aliphatic rings. The van der Waals surface area contributed by atoms with E-state index in [-0.39, 0.29) is 35.6 Å². The van der Waals surface area contributed by atoms with Crippen LogP contribution < -0.4 is 10.6 Å². The number of rotatable bonds is 8. The minimum absolute atomic E-state index is 0.0148. The summed E-state index contributed by atoms with van der Waals surface area (Å²) in [5, 5.41) is 16.9. The number of para-hydroxylation sites is 1. The number of aryl methyl sites for hydroxylation is 1. The lowest BCUT2D eigenvalue weighted by Crippen LogP contribution is -2.56. The third-order valence-electron chi connectivity index (χ3n) is 6.84. The van der Waals surface area contributed by atoms with E-state index in [1.165, 1.54) is 0 Å². The van der Waals surface area contributed by atoms with Crippen molar-refractivity contribution in [2.24, 2.45) is 5.92 Å². The van der Waals surface area contributed by atoms with Gasteiger partial charge in [0.1, 0.15) is 23.4 Å². The highest BCUT2D eigenvalue weighted by molar-refractivity contribution is 5.93. The van der Waals surface area contributed by atoms with Gasteiger partial charge in [-0.25, -0.2) is 4.79 Å². The molecule has 2 atom stereocenters. The van der Waals surface area contributed by atoms with E-state index >= 15 is 0 Å². The fraction of sp³-hybridized carbons (Fsp3) is 0.679. The second-order valence-corrected chi connectivity index (χ2v) is 11.6. The van der Waals surface area contributed by atoms with Gasteiger partial charge in [-0.15, -0.1) is 0 Å². The molecule has 0 bridgehead atoms. The Balaban J connectivity index is 1.96. The summed E-state index contributed by atoms with van der Waals surface area (Å²) in [6.45, 7) is 10.8. The summed E-state index contributed by atoms with van der Waals surface area (Å²) in [5.74, 6) is -0.855. The van der Waals surface area contributed by atoms with Crippen molar-refractivity contribution in [2.45, 2.75) is 116 Å². The number of nitrogens with one attached hydrogen (secondary N) is 2. The lowest BCUT2D eigenvalue weighted by Gasteiger charge is -2.37. The van der Waals surface area contributed by atoms with Crippen LogP contribution in [-0.2, 0) is 14.3 Å². The zero-order chi connectivity index (χ0) is 26.6. The molecule has 8 nitrogen and oxygen atoms in total. The number of carbonyl (C=O) groups is 3. The maximum Gasteiger partial charge on any atom is 0.408 e. The first-order valence-electron chi connectivity index (χ1n) is 13.3. The number of aromatic hydroxyl groups is 1. The number of amides is 3. The third-order valence-corrected chi connectivity index (χ3v) is 6.84. The van der Waals surface area contributed by atoms with E-state index in [1.807, 2.05) is 13.8 Å². The average molecular weight is 502 g/mol. The molecule has 200 valence electrons. The minimum atomic E-state index is -0.992. The molecule has 1 aromatic rings. The molecule has 0 radical (unpaired) electrons. The summed E-state index contributed by atoms with van der Waals surface area (Å²) >= 11 is 0. The van der Waals surface area contributed by atoms with Gasteiger partial charge in [-0.1, -0.05) is 51.3 Å². The molecule has 0 aromatic heterocycles. The molecule has 3 rings (SSSR count). The van der Waals surface area contributed by atoms with E-state index in [0.29, 0.717) is 11.1 Å². The van der Waals surface area contributed by atoms with Crippen molar-refractivity contribution in [3.05, 3.63) is 29.3 Å². The first kappa shape index (κ1) is 27.8. The van der Waals surface area contributed by atoms with Crippen LogP contribution in [-0.4, -0.2) is 51.6 Å². The van der Waals surface area contributed by atoms with Crippen LogP contribution in [0, 0.1) is 12.8 Å². The van der Waals surface area contributed by atoms with Gasteiger partial charge in [-0.2, -0.15) is 0 Å². The summed E-state index contributed by atoms with van der Waals surface area (Å²) in [5.41, 5.74) is 0.336. The number of hydrogen-bond donors (Lipinski definition) is 3. The van der Waals surface area contributed by atoms with Crippen LogP contribution >= 0.6 is 0 Å². The van der Waals surface area contributed by atoms with E-state index in [1.54, 1.807) is 50.8 Å². The lowest BCUT2D eigenvalue weighted by atomic mass is 9.93. The van der Waals surface area contributed by atoms with Gasteiger partial charge in [0.05, 0.1) is 0 Å². The normalized spacial score (nSPS) is 18.3. The topological polar surface area (TPSA) is 108 Å². The molecule has 0 spiro atoms. The standard InChI is InChI=1S/C28H43N3O5/c1-17(2)22(30-27(35)36-28(4,5)6)26(34)31(20-15-16-20)23(21-14-10-11-18(3)24(21)32)25(33)29-19-12-8-7-9-13-19/h10-11,14,17,19-20,22-23,32H,7-9,12-13,15-16H2,1-6H3,(H,29,33)(H,30,35). The van der Waals surface area contributed by atoms with E-state index < -0.39 is 23.8 Å². The van der Waals surface area contributed by atoms with Gasteiger partial charge in [-0.3, -0.25) is 9.59 Å². The third kappa shape index (κ3) is 7.14. The van der Waals surface area contributed by atoms with Gasteiger partial charge >= 0.3 is 6.09 Å². The molecule has 2 aliphatic carbocycles. The molecule has 2 unspecified atom stereocenters. The highest BCUT2D eigenvalue weighted by Gasteiger charge is 2.45. The van der Waals surface area contributed by atoms with Gasteiger partial charge < -0.3 is 25.4 Å². The summed E-state index contributed by atoms with van der Waals surface area (Å²) in [6.07, 6.45) is 5.96. The van der Waals surface area contributed by atoms with E-state index in [2.05, 4.69) is 10.6 Å². The van der Waals surface area contributed by atoms with Crippen molar-refractivity contribution < 1.29 is 24.2 Å². The molecule has 0 heterocycles. The first-order chi connectivity index (χ1) is 16.9. The highest BCUT2D eigenvalue weighted by Crippen LogP contribution is 2.39. The second-order valence-electron chi connectivity index (χ2n) is 11.6. The number of carbonyl (C=O) groups excluding carboxylic acids is 3. The van der Waals surface area contributed by atoms with Gasteiger partial charge in [0.2, 0.25) is 11.8 Å². The maximum atomic E-state index is 14.1. The summed E-state index contributed by atoms with van der Waals surface area (Å²) < 4.78 is 5.41.